The van der Waals surface area contributed by atoms with Gasteiger partial charge in [0.05, 0.1) is 5.69 Å². The lowest BCUT2D eigenvalue weighted by Gasteiger charge is -2.10. The van der Waals surface area contributed by atoms with Gasteiger partial charge in [0.2, 0.25) is 0 Å². The molecular weight excluding hydrogens is 246 g/mol. The van der Waals surface area contributed by atoms with Crippen molar-refractivity contribution in [3.05, 3.63) is 46.9 Å². The van der Waals surface area contributed by atoms with E-state index in [2.05, 4.69) is 43.2 Å². The first-order valence-corrected chi connectivity index (χ1v) is 7.16. The number of nitrogens with zero attached hydrogens (tertiary/aromatic N) is 2. The van der Waals surface area contributed by atoms with Gasteiger partial charge in [-0.1, -0.05) is 6.07 Å². The normalized spacial score (nSPS) is 10.8. The molecule has 0 saturated heterocycles. The number of aromatic nitrogens is 2. The van der Waals surface area contributed by atoms with Crippen LogP contribution in [0.2, 0.25) is 0 Å². The Morgan fingerprint density at radius 3 is 2.55 bits per heavy atom. The van der Waals surface area contributed by atoms with Crippen LogP contribution in [0.4, 0.5) is 0 Å². The van der Waals surface area contributed by atoms with Gasteiger partial charge in [-0.2, -0.15) is 0 Å². The molecule has 0 amide bonds. The van der Waals surface area contributed by atoms with Gasteiger partial charge in [-0.25, -0.2) is 9.97 Å². The van der Waals surface area contributed by atoms with Gasteiger partial charge in [0.1, 0.15) is 5.82 Å². The van der Waals surface area contributed by atoms with Crippen molar-refractivity contribution in [1.82, 2.24) is 15.3 Å². The fourth-order valence-corrected chi connectivity index (χ4v) is 2.33. The van der Waals surface area contributed by atoms with E-state index in [1.165, 1.54) is 22.3 Å². The molecule has 0 unspecified atom stereocenters. The van der Waals surface area contributed by atoms with Gasteiger partial charge in [0.25, 0.3) is 0 Å². The fraction of sp³-hybridized carbons (Fsp3) is 0.412. The minimum absolute atomic E-state index is 0.915. The third-order valence-electron chi connectivity index (χ3n) is 3.65. The van der Waals surface area contributed by atoms with E-state index in [0.717, 1.165) is 30.9 Å². The van der Waals surface area contributed by atoms with E-state index in [-0.39, 0.29) is 0 Å². The Kier molecular flexibility index (Phi) is 4.85. The quantitative estimate of drug-likeness (QED) is 0.847. The SMILES string of the molecule is CNCCCc1nccc(-c2cc(C)c(C)cc2C)n1. The summed E-state index contributed by atoms with van der Waals surface area (Å²) in [5.41, 5.74) is 6.15. The summed E-state index contributed by atoms with van der Waals surface area (Å²) in [7, 11) is 1.97. The lowest BCUT2D eigenvalue weighted by Crippen LogP contribution is -2.09. The summed E-state index contributed by atoms with van der Waals surface area (Å²) in [6.07, 6.45) is 3.84. The van der Waals surface area contributed by atoms with E-state index in [0.29, 0.717) is 0 Å². The molecule has 0 saturated carbocycles. The molecule has 0 fully saturated rings. The Morgan fingerprint density at radius 1 is 1.05 bits per heavy atom. The van der Waals surface area contributed by atoms with Crippen molar-refractivity contribution >= 4 is 0 Å². The summed E-state index contributed by atoms with van der Waals surface area (Å²) in [5, 5.41) is 3.15. The summed E-state index contributed by atoms with van der Waals surface area (Å²) < 4.78 is 0. The predicted octanol–water partition coefficient (Wildman–Crippen LogP) is 3.22. The van der Waals surface area contributed by atoms with Crippen LogP contribution in [0.3, 0.4) is 0 Å². The number of rotatable bonds is 5. The van der Waals surface area contributed by atoms with Crippen molar-refractivity contribution in [2.24, 2.45) is 0 Å². The van der Waals surface area contributed by atoms with Crippen LogP contribution in [-0.2, 0) is 6.42 Å². The Balaban J connectivity index is 2.29. The average Bonchev–Trinajstić information content (AvgIpc) is 2.43. The first-order chi connectivity index (χ1) is 9.61. The lowest BCUT2D eigenvalue weighted by atomic mass is 9.98. The number of hydrogen-bond acceptors (Lipinski definition) is 3. The molecule has 2 rings (SSSR count). The standard InChI is InChI=1S/C17H23N3/c1-12-10-14(3)15(11-13(12)2)16-7-9-19-17(20-16)6-5-8-18-4/h7,9-11,18H,5-6,8H2,1-4H3. The second kappa shape index (κ2) is 6.62. The van der Waals surface area contributed by atoms with Gasteiger partial charge >= 0.3 is 0 Å². The van der Waals surface area contributed by atoms with Crippen LogP contribution in [0, 0.1) is 20.8 Å². The van der Waals surface area contributed by atoms with Crippen LogP contribution >= 0.6 is 0 Å². The molecule has 2 aromatic rings. The highest BCUT2D eigenvalue weighted by Gasteiger charge is 2.07. The molecule has 0 aliphatic rings. The molecule has 1 aromatic heterocycles. The first-order valence-electron chi connectivity index (χ1n) is 7.16. The van der Waals surface area contributed by atoms with Gasteiger partial charge in [0, 0.05) is 18.2 Å². The van der Waals surface area contributed by atoms with Gasteiger partial charge in [-0.05, 0) is 69.6 Å². The molecule has 0 aliphatic heterocycles. The number of nitrogens with one attached hydrogen (secondary N) is 1. The molecule has 1 aromatic carbocycles. The van der Waals surface area contributed by atoms with E-state index in [1.807, 2.05) is 19.3 Å². The second-order valence-corrected chi connectivity index (χ2v) is 5.32. The second-order valence-electron chi connectivity index (χ2n) is 5.32. The van der Waals surface area contributed by atoms with Crippen LogP contribution in [0.1, 0.15) is 28.9 Å². The van der Waals surface area contributed by atoms with Crippen LogP contribution < -0.4 is 5.32 Å². The topological polar surface area (TPSA) is 37.8 Å². The van der Waals surface area contributed by atoms with Gasteiger partial charge in [0.15, 0.2) is 0 Å². The maximum atomic E-state index is 4.71. The summed E-state index contributed by atoms with van der Waals surface area (Å²) in [6, 6.07) is 6.45. The molecule has 1 heterocycles. The van der Waals surface area contributed by atoms with Crippen molar-refractivity contribution in [2.75, 3.05) is 13.6 Å². The fourth-order valence-electron chi connectivity index (χ4n) is 2.33. The highest BCUT2D eigenvalue weighted by atomic mass is 14.9. The van der Waals surface area contributed by atoms with E-state index in [4.69, 9.17) is 4.98 Å². The van der Waals surface area contributed by atoms with Crippen molar-refractivity contribution < 1.29 is 0 Å². The summed E-state index contributed by atoms with van der Waals surface area (Å²) >= 11 is 0. The van der Waals surface area contributed by atoms with Crippen LogP contribution in [0.15, 0.2) is 24.4 Å². The molecule has 0 atom stereocenters. The Hall–Kier alpha value is -1.74. The van der Waals surface area contributed by atoms with E-state index in [1.54, 1.807) is 0 Å². The third-order valence-corrected chi connectivity index (χ3v) is 3.65. The Morgan fingerprint density at radius 2 is 1.80 bits per heavy atom. The van der Waals surface area contributed by atoms with Crippen LogP contribution in [0.5, 0.6) is 0 Å². The molecule has 0 aliphatic carbocycles. The zero-order chi connectivity index (χ0) is 14.5. The molecule has 0 radical (unpaired) electrons. The van der Waals surface area contributed by atoms with Crippen molar-refractivity contribution in [3.8, 4) is 11.3 Å². The van der Waals surface area contributed by atoms with E-state index < -0.39 is 0 Å². The molecule has 106 valence electrons. The largest absolute Gasteiger partial charge is 0.320 e. The summed E-state index contributed by atoms with van der Waals surface area (Å²) in [4.78, 5) is 9.08. The molecule has 3 heteroatoms. The van der Waals surface area contributed by atoms with Gasteiger partial charge < -0.3 is 5.32 Å². The maximum Gasteiger partial charge on any atom is 0.128 e. The maximum absolute atomic E-state index is 4.71. The van der Waals surface area contributed by atoms with Crippen molar-refractivity contribution in [3.63, 3.8) is 0 Å². The summed E-state index contributed by atoms with van der Waals surface area (Å²) in [5.74, 6) is 0.926. The highest BCUT2D eigenvalue weighted by Crippen LogP contribution is 2.24. The molecule has 1 N–H and O–H groups in total. The van der Waals surface area contributed by atoms with E-state index >= 15 is 0 Å². The van der Waals surface area contributed by atoms with Crippen LogP contribution in [0.25, 0.3) is 11.3 Å². The zero-order valence-electron chi connectivity index (χ0n) is 12.8. The minimum atomic E-state index is 0.915. The molecular formula is C17H23N3. The van der Waals surface area contributed by atoms with E-state index in [9.17, 15) is 0 Å². The van der Waals surface area contributed by atoms with Crippen LogP contribution in [-0.4, -0.2) is 23.6 Å². The van der Waals surface area contributed by atoms with Crippen molar-refractivity contribution in [1.29, 1.82) is 0 Å². The van der Waals surface area contributed by atoms with Gasteiger partial charge in [-0.3, -0.25) is 0 Å². The molecule has 0 bridgehead atoms. The highest BCUT2D eigenvalue weighted by molar-refractivity contribution is 5.65. The lowest BCUT2D eigenvalue weighted by molar-refractivity contribution is 0.702. The molecule has 3 nitrogen and oxygen atoms in total. The zero-order valence-corrected chi connectivity index (χ0v) is 12.8. The number of aryl methyl sites for hydroxylation is 4. The third kappa shape index (κ3) is 3.42. The summed E-state index contributed by atoms with van der Waals surface area (Å²) in [6.45, 7) is 7.43. The smallest absolute Gasteiger partial charge is 0.128 e. The predicted molar refractivity (Wildman–Crippen MR) is 83.9 cm³/mol. The number of benzene rings is 1. The molecule has 0 spiro atoms. The Labute approximate surface area is 121 Å². The van der Waals surface area contributed by atoms with Gasteiger partial charge in [-0.15, -0.1) is 0 Å². The first kappa shape index (κ1) is 14.7. The van der Waals surface area contributed by atoms with Crippen molar-refractivity contribution in [2.45, 2.75) is 33.6 Å². The Bertz CT molecular complexity index is 591. The minimum Gasteiger partial charge on any atom is -0.320 e. The average molecular weight is 269 g/mol. The molecule has 20 heavy (non-hydrogen) atoms. The number of hydrogen-bond donors (Lipinski definition) is 1. The monoisotopic (exact) mass is 269 g/mol.